The van der Waals surface area contributed by atoms with Crippen LogP contribution in [0.1, 0.15) is 10.4 Å². The van der Waals surface area contributed by atoms with E-state index in [9.17, 15) is 9.18 Å². The van der Waals surface area contributed by atoms with Crippen LogP contribution in [0, 0.1) is 5.82 Å². The van der Waals surface area contributed by atoms with E-state index in [-0.39, 0.29) is 11.4 Å². The number of para-hydroxylation sites is 1. The number of fused-ring (bicyclic) bond motifs is 2. The van der Waals surface area contributed by atoms with Crippen LogP contribution < -0.4 is 14.8 Å². The SMILES string of the molecule is O=C(Nc1nc2c(F)cccc2s1)c1ccc2c(c1)OCCO2. The van der Waals surface area contributed by atoms with Gasteiger partial charge < -0.3 is 9.47 Å². The number of thiazole rings is 1. The number of carbonyl (C=O) groups excluding carboxylic acids is 1. The van der Waals surface area contributed by atoms with Crippen molar-refractivity contribution in [2.75, 3.05) is 18.5 Å². The third-order valence-electron chi connectivity index (χ3n) is 3.39. The number of ether oxygens (including phenoxy) is 2. The van der Waals surface area contributed by atoms with Gasteiger partial charge in [0, 0.05) is 5.56 Å². The van der Waals surface area contributed by atoms with E-state index in [0.29, 0.717) is 40.1 Å². The number of nitrogens with zero attached hydrogens (tertiary/aromatic N) is 1. The Hall–Kier alpha value is -2.67. The molecule has 1 aliphatic rings. The van der Waals surface area contributed by atoms with Gasteiger partial charge in [-0.3, -0.25) is 10.1 Å². The van der Waals surface area contributed by atoms with Gasteiger partial charge in [-0.2, -0.15) is 0 Å². The van der Waals surface area contributed by atoms with Gasteiger partial charge >= 0.3 is 0 Å². The first kappa shape index (κ1) is 14.0. The Morgan fingerprint density at radius 2 is 2.00 bits per heavy atom. The Morgan fingerprint density at radius 1 is 1.17 bits per heavy atom. The molecule has 0 fully saturated rings. The molecule has 116 valence electrons. The van der Waals surface area contributed by atoms with Gasteiger partial charge in [0.25, 0.3) is 5.91 Å². The topological polar surface area (TPSA) is 60.5 Å². The summed E-state index contributed by atoms with van der Waals surface area (Å²) in [6, 6.07) is 9.68. The van der Waals surface area contributed by atoms with Crippen LogP contribution in [0.3, 0.4) is 0 Å². The van der Waals surface area contributed by atoms with E-state index in [4.69, 9.17) is 9.47 Å². The quantitative estimate of drug-likeness (QED) is 0.782. The zero-order valence-electron chi connectivity index (χ0n) is 11.8. The second-order valence-corrected chi connectivity index (χ2v) is 5.95. The molecule has 1 N–H and O–H groups in total. The van der Waals surface area contributed by atoms with Crippen molar-refractivity contribution in [1.29, 1.82) is 0 Å². The highest BCUT2D eigenvalue weighted by Gasteiger charge is 2.16. The van der Waals surface area contributed by atoms with Crippen LogP contribution in [0.25, 0.3) is 10.2 Å². The highest BCUT2D eigenvalue weighted by molar-refractivity contribution is 7.22. The van der Waals surface area contributed by atoms with E-state index in [1.165, 1.54) is 17.4 Å². The number of aromatic nitrogens is 1. The van der Waals surface area contributed by atoms with E-state index in [1.807, 2.05) is 0 Å². The van der Waals surface area contributed by atoms with Crippen LogP contribution in [0.2, 0.25) is 0 Å². The summed E-state index contributed by atoms with van der Waals surface area (Å²) in [5, 5.41) is 3.04. The van der Waals surface area contributed by atoms with E-state index in [0.717, 1.165) is 0 Å². The molecule has 0 radical (unpaired) electrons. The molecule has 7 heteroatoms. The molecule has 3 aromatic rings. The Kier molecular flexibility index (Phi) is 3.34. The number of hydrogen-bond donors (Lipinski definition) is 1. The summed E-state index contributed by atoms with van der Waals surface area (Å²) >= 11 is 1.22. The summed E-state index contributed by atoms with van der Waals surface area (Å²) in [7, 11) is 0. The number of hydrogen-bond acceptors (Lipinski definition) is 5. The first-order valence-corrected chi connectivity index (χ1v) is 7.78. The van der Waals surface area contributed by atoms with Gasteiger partial charge in [0.15, 0.2) is 16.6 Å². The van der Waals surface area contributed by atoms with Gasteiger partial charge in [-0.15, -0.1) is 0 Å². The number of amides is 1. The largest absolute Gasteiger partial charge is 0.486 e. The number of rotatable bonds is 2. The maximum absolute atomic E-state index is 13.6. The lowest BCUT2D eigenvalue weighted by molar-refractivity contribution is 0.102. The van der Waals surface area contributed by atoms with Crippen LogP contribution in [-0.2, 0) is 0 Å². The molecule has 0 saturated carbocycles. The minimum atomic E-state index is -0.404. The summed E-state index contributed by atoms with van der Waals surface area (Å²) in [5.41, 5.74) is 0.684. The molecule has 2 heterocycles. The molecule has 0 aliphatic carbocycles. The van der Waals surface area contributed by atoms with Crippen molar-refractivity contribution in [2.45, 2.75) is 0 Å². The first-order valence-electron chi connectivity index (χ1n) is 6.97. The first-order chi connectivity index (χ1) is 11.2. The lowest BCUT2D eigenvalue weighted by Crippen LogP contribution is -2.17. The Bertz CT molecular complexity index is 909. The predicted molar refractivity (Wildman–Crippen MR) is 85.0 cm³/mol. The molecule has 0 unspecified atom stereocenters. The van der Waals surface area contributed by atoms with Crippen LogP contribution in [0.15, 0.2) is 36.4 Å². The Morgan fingerprint density at radius 3 is 2.83 bits per heavy atom. The van der Waals surface area contributed by atoms with Crippen molar-refractivity contribution in [3.8, 4) is 11.5 Å². The zero-order chi connectivity index (χ0) is 15.8. The minimum absolute atomic E-state index is 0.259. The van der Waals surface area contributed by atoms with Crippen molar-refractivity contribution in [1.82, 2.24) is 4.98 Å². The van der Waals surface area contributed by atoms with Crippen molar-refractivity contribution in [3.05, 3.63) is 47.8 Å². The molecule has 1 aromatic heterocycles. The lowest BCUT2D eigenvalue weighted by atomic mass is 10.2. The number of carbonyl (C=O) groups is 1. The molecular weight excluding hydrogens is 319 g/mol. The lowest BCUT2D eigenvalue weighted by Gasteiger charge is -2.18. The van der Waals surface area contributed by atoms with Gasteiger partial charge in [-0.1, -0.05) is 17.4 Å². The van der Waals surface area contributed by atoms with Crippen LogP contribution in [0.4, 0.5) is 9.52 Å². The smallest absolute Gasteiger partial charge is 0.257 e. The van der Waals surface area contributed by atoms with Crippen LogP contribution in [0.5, 0.6) is 11.5 Å². The maximum atomic E-state index is 13.6. The number of nitrogens with one attached hydrogen (secondary N) is 1. The number of anilines is 1. The molecule has 5 nitrogen and oxygen atoms in total. The number of halogens is 1. The van der Waals surface area contributed by atoms with E-state index >= 15 is 0 Å². The monoisotopic (exact) mass is 330 g/mol. The van der Waals surface area contributed by atoms with E-state index in [1.54, 1.807) is 30.3 Å². The van der Waals surface area contributed by atoms with Gasteiger partial charge in [-0.25, -0.2) is 9.37 Å². The highest BCUT2D eigenvalue weighted by atomic mass is 32.1. The van der Waals surface area contributed by atoms with Gasteiger partial charge in [0.2, 0.25) is 0 Å². The van der Waals surface area contributed by atoms with E-state index in [2.05, 4.69) is 10.3 Å². The fourth-order valence-corrected chi connectivity index (χ4v) is 3.20. The average molecular weight is 330 g/mol. The summed E-state index contributed by atoms with van der Waals surface area (Å²) in [5.74, 6) is 0.425. The molecule has 1 aliphatic heterocycles. The van der Waals surface area contributed by atoms with Crippen molar-refractivity contribution < 1.29 is 18.7 Å². The van der Waals surface area contributed by atoms with Gasteiger partial charge in [0.1, 0.15) is 24.5 Å². The molecule has 0 atom stereocenters. The van der Waals surface area contributed by atoms with Crippen LogP contribution in [-0.4, -0.2) is 24.1 Å². The fraction of sp³-hybridized carbons (Fsp3) is 0.125. The molecular formula is C16H11FN2O3S. The summed E-state index contributed by atoms with van der Waals surface area (Å²) in [6.45, 7) is 0.949. The normalized spacial score (nSPS) is 13.1. The van der Waals surface area contributed by atoms with Crippen molar-refractivity contribution in [3.63, 3.8) is 0 Å². The Balaban J connectivity index is 1.60. The summed E-state index contributed by atoms with van der Waals surface area (Å²) in [4.78, 5) is 16.4. The van der Waals surface area contributed by atoms with Crippen LogP contribution >= 0.6 is 11.3 Å². The van der Waals surface area contributed by atoms with Crippen molar-refractivity contribution >= 4 is 32.6 Å². The van der Waals surface area contributed by atoms with E-state index < -0.39 is 5.82 Å². The molecule has 4 rings (SSSR count). The highest BCUT2D eigenvalue weighted by Crippen LogP contribution is 2.32. The number of benzene rings is 2. The standard InChI is InChI=1S/C16H11FN2O3S/c17-10-2-1-3-13-14(10)18-16(23-13)19-15(20)9-4-5-11-12(8-9)22-7-6-21-11/h1-5,8H,6-7H2,(H,18,19,20). The van der Waals surface area contributed by atoms with Crippen molar-refractivity contribution in [2.24, 2.45) is 0 Å². The molecule has 0 spiro atoms. The zero-order valence-corrected chi connectivity index (χ0v) is 12.7. The summed E-state index contributed by atoms with van der Waals surface area (Å²) in [6.07, 6.45) is 0. The third-order valence-corrected chi connectivity index (χ3v) is 4.33. The Labute approximate surface area is 134 Å². The second-order valence-electron chi connectivity index (χ2n) is 4.92. The molecule has 23 heavy (non-hydrogen) atoms. The molecule has 0 bridgehead atoms. The maximum Gasteiger partial charge on any atom is 0.257 e. The molecule has 0 saturated heterocycles. The third kappa shape index (κ3) is 2.59. The second kappa shape index (κ2) is 5.51. The minimum Gasteiger partial charge on any atom is -0.486 e. The molecule has 2 aromatic carbocycles. The fourth-order valence-electron chi connectivity index (χ4n) is 2.32. The van der Waals surface area contributed by atoms with Gasteiger partial charge in [-0.05, 0) is 30.3 Å². The van der Waals surface area contributed by atoms with Gasteiger partial charge in [0.05, 0.1) is 4.70 Å². The average Bonchev–Trinajstić information content (AvgIpc) is 2.98. The predicted octanol–water partition coefficient (Wildman–Crippen LogP) is 3.46. The molecule has 1 amide bonds. The summed E-state index contributed by atoms with van der Waals surface area (Å²) < 4.78 is 25.2.